The Kier molecular flexibility index (Phi) is 4.78. The highest BCUT2D eigenvalue weighted by atomic mass is 19.3. The van der Waals surface area contributed by atoms with Crippen LogP contribution in [0, 0.1) is 24.2 Å². The molecule has 1 N–H and O–H groups in total. The molecule has 0 radical (unpaired) electrons. The van der Waals surface area contributed by atoms with Gasteiger partial charge in [0.15, 0.2) is 0 Å². The fourth-order valence-corrected chi connectivity index (χ4v) is 3.03. The summed E-state index contributed by atoms with van der Waals surface area (Å²) in [5.41, 5.74) is 2.10. The zero-order chi connectivity index (χ0) is 17.4. The van der Waals surface area contributed by atoms with Crippen molar-refractivity contribution >= 4 is 11.6 Å². The molecule has 5 heteroatoms. The van der Waals surface area contributed by atoms with Crippen molar-refractivity contribution < 1.29 is 18.3 Å². The number of nitrogens with one attached hydrogen (secondary N) is 1. The molecule has 1 aliphatic carbocycles. The van der Waals surface area contributed by atoms with Gasteiger partial charge in [0.2, 0.25) is 5.91 Å². The van der Waals surface area contributed by atoms with E-state index >= 15 is 0 Å². The minimum Gasteiger partial charge on any atom is -0.434 e. The molecule has 1 fully saturated rings. The fraction of sp³-hybridized carbons (Fsp3) is 0.500. The van der Waals surface area contributed by atoms with Crippen molar-refractivity contribution in [2.45, 2.75) is 41.2 Å². The smallest absolute Gasteiger partial charge is 0.387 e. The molecule has 0 bridgehead atoms. The number of allylic oxidation sites excluding steroid dienone is 2. The maximum atomic E-state index is 12.5. The zero-order valence-electron chi connectivity index (χ0n) is 14.1. The van der Waals surface area contributed by atoms with Crippen LogP contribution in [0.2, 0.25) is 0 Å². The SMILES string of the molecule is CC(C)=C[C@@H]1[C@H](C(=O)Nc2cccc(OC(F)F)c2C)C1(C)C. The third kappa shape index (κ3) is 3.71. The summed E-state index contributed by atoms with van der Waals surface area (Å²) in [6, 6.07) is 4.74. The van der Waals surface area contributed by atoms with Crippen LogP contribution in [0.3, 0.4) is 0 Å². The lowest BCUT2D eigenvalue weighted by Gasteiger charge is -2.13. The van der Waals surface area contributed by atoms with Crippen LogP contribution in [-0.2, 0) is 4.79 Å². The van der Waals surface area contributed by atoms with Gasteiger partial charge in [0.1, 0.15) is 5.75 Å². The van der Waals surface area contributed by atoms with Gasteiger partial charge >= 0.3 is 6.61 Å². The molecule has 1 amide bonds. The molecule has 1 aromatic carbocycles. The summed E-state index contributed by atoms with van der Waals surface area (Å²) in [6.45, 7) is 6.91. The first kappa shape index (κ1) is 17.4. The molecule has 2 atom stereocenters. The second-order valence-corrected chi connectivity index (χ2v) is 6.87. The summed E-state index contributed by atoms with van der Waals surface area (Å²) < 4.78 is 29.2. The lowest BCUT2D eigenvalue weighted by molar-refractivity contribution is -0.118. The van der Waals surface area contributed by atoms with Crippen LogP contribution in [0.25, 0.3) is 0 Å². The van der Waals surface area contributed by atoms with Crippen molar-refractivity contribution in [3.8, 4) is 5.75 Å². The molecular weight excluding hydrogens is 300 g/mol. The van der Waals surface area contributed by atoms with Crippen LogP contribution in [0.4, 0.5) is 14.5 Å². The van der Waals surface area contributed by atoms with Gasteiger partial charge in [0.05, 0.1) is 5.92 Å². The topological polar surface area (TPSA) is 38.3 Å². The minimum absolute atomic E-state index is 0.0775. The molecule has 23 heavy (non-hydrogen) atoms. The first-order valence-corrected chi connectivity index (χ1v) is 7.65. The number of hydrogen-bond acceptors (Lipinski definition) is 2. The summed E-state index contributed by atoms with van der Waals surface area (Å²) in [7, 11) is 0. The van der Waals surface area contributed by atoms with E-state index in [2.05, 4.69) is 30.0 Å². The number of alkyl halides is 2. The normalized spacial score (nSPS) is 21.7. The Hall–Kier alpha value is -1.91. The average molecular weight is 323 g/mol. The molecule has 126 valence electrons. The van der Waals surface area contributed by atoms with E-state index in [1.54, 1.807) is 19.1 Å². The number of carbonyl (C=O) groups excluding carboxylic acids is 1. The van der Waals surface area contributed by atoms with Crippen molar-refractivity contribution in [1.29, 1.82) is 0 Å². The summed E-state index contributed by atoms with van der Waals surface area (Å²) in [5.74, 6) is 0.0771. The van der Waals surface area contributed by atoms with E-state index in [9.17, 15) is 13.6 Å². The van der Waals surface area contributed by atoms with E-state index in [1.165, 1.54) is 11.6 Å². The van der Waals surface area contributed by atoms with E-state index < -0.39 is 6.61 Å². The number of anilines is 1. The number of rotatable bonds is 5. The van der Waals surface area contributed by atoms with Crippen LogP contribution in [-0.4, -0.2) is 12.5 Å². The Bertz CT molecular complexity index is 634. The van der Waals surface area contributed by atoms with Gasteiger partial charge in [0.25, 0.3) is 0 Å². The van der Waals surface area contributed by atoms with E-state index in [1.807, 2.05) is 13.8 Å². The van der Waals surface area contributed by atoms with Crippen LogP contribution in [0.5, 0.6) is 5.75 Å². The van der Waals surface area contributed by atoms with Crippen molar-refractivity contribution in [2.75, 3.05) is 5.32 Å². The number of hydrogen-bond donors (Lipinski definition) is 1. The third-order valence-electron chi connectivity index (χ3n) is 4.46. The van der Waals surface area contributed by atoms with Gasteiger partial charge in [-0.3, -0.25) is 4.79 Å². The van der Waals surface area contributed by atoms with Crippen molar-refractivity contribution in [3.63, 3.8) is 0 Å². The predicted molar refractivity (Wildman–Crippen MR) is 86.6 cm³/mol. The molecule has 3 nitrogen and oxygen atoms in total. The lowest BCUT2D eigenvalue weighted by Crippen LogP contribution is -2.18. The number of halogens is 2. The highest BCUT2D eigenvalue weighted by molar-refractivity contribution is 5.96. The highest BCUT2D eigenvalue weighted by Crippen LogP contribution is 2.59. The molecule has 0 saturated heterocycles. The highest BCUT2D eigenvalue weighted by Gasteiger charge is 2.60. The lowest BCUT2D eigenvalue weighted by atomic mass is 10.1. The van der Waals surface area contributed by atoms with Gasteiger partial charge in [-0.25, -0.2) is 0 Å². The molecule has 0 aliphatic heterocycles. The largest absolute Gasteiger partial charge is 0.434 e. The summed E-state index contributed by atoms with van der Waals surface area (Å²) in [6.07, 6.45) is 2.12. The first-order valence-electron chi connectivity index (χ1n) is 7.65. The number of ether oxygens (including phenoxy) is 1. The van der Waals surface area contributed by atoms with Crippen LogP contribution < -0.4 is 10.1 Å². The van der Waals surface area contributed by atoms with E-state index in [0.717, 1.165) is 0 Å². The Balaban J connectivity index is 2.14. The summed E-state index contributed by atoms with van der Waals surface area (Å²) in [5, 5.41) is 2.85. The Morgan fingerprint density at radius 2 is 2.00 bits per heavy atom. The molecule has 0 aromatic heterocycles. The first-order chi connectivity index (χ1) is 10.6. The van der Waals surface area contributed by atoms with Gasteiger partial charge in [-0.15, -0.1) is 0 Å². The fourth-order valence-electron chi connectivity index (χ4n) is 3.03. The van der Waals surface area contributed by atoms with E-state index in [4.69, 9.17) is 0 Å². The van der Waals surface area contributed by atoms with Gasteiger partial charge < -0.3 is 10.1 Å². The molecular formula is C18H23F2NO2. The average Bonchev–Trinajstić information content (AvgIpc) is 2.94. The van der Waals surface area contributed by atoms with Gasteiger partial charge in [-0.05, 0) is 44.2 Å². The zero-order valence-corrected chi connectivity index (χ0v) is 14.1. The van der Waals surface area contributed by atoms with Crippen LogP contribution in [0.15, 0.2) is 29.8 Å². The molecule has 0 unspecified atom stereocenters. The van der Waals surface area contributed by atoms with Crippen LogP contribution in [0.1, 0.15) is 33.3 Å². The maximum absolute atomic E-state index is 12.5. The minimum atomic E-state index is -2.89. The monoisotopic (exact) mass is 323 g/mol. The molecule has 1 saturated carbocycles. The van der Waals surface area contributed by atoms with Gasteiger partial charge in [-0.1, -0.05) is 31.6 Å². The quantitative estimate of drug-likeness (QED) is 0.792. The van der Waals surface area contributed by atoms with Crippen molar-refractivity contribution in [1.82, 2.24) is 0 Å². The van der Waals surface area contributed by atoms with Crippen LogP contribution >= 0.6 is 0 Å². The second kappa shape index (κ2) is 6.30. The maximum Gasteiger partial charge on any atom is 0.387 e. The molecule has 1 aliphatic rings. The molecule has 0 spiro atoms. The van der Waals surface area contributed by atoms with Gasteiger partial charge in [0, 0.05) is 11.3 Å². The van der Waals surface area contributed by atoms with Crippen molar-refractivity contribution in [3.05, 3.63) is 35.4 Å². The third-order valence-corrected chi connectivity index (χ3v) is 4.46. The molecule has 0 heterocycles. The Morgan fingerprint density at radius 3 is 2.57 bits per heavy atom. The summed E-state index contributed by atoms with van der Waals surface area (Å²) in [4.78, 5) is 12.5. The van der Waals surface area contributed by atoms with Gasteiger partial charge in [-0.2, -0.15) is 8.78 Å². The Morgan fingerprint density at radius 1 is 1.35 bits per heavy atom. The van der Waals surface area contributed by atoms with Crippen molar-refractivity contribution in [2.24, 2.45) is 17.3 Å². The van der Waals surface area contributed by atoms with E-state index in [0.29, 0.717) is 11.3 Å². The Labute approximate surface area is 135 Å². The molecule has 1 aromatic rings. The number of amides is 1. The standard InChI is InChI=1S/C18H23F2NO2/c1-10(2)9-12-15(18(12,4)5)16(22)21-13-7-6-8-14(11(13)3)23-17(19)20/h6-9,12,15,17H,1-5H3,(H,21,22)/t12-,15-/m1/s1. The second-order valence-electron chi connectivity index (χ2n) is 6.87. The predicted octanol–water partition coefficient (Wildman–Crippen LogP) is 4.77. The summed E-state index contributed by atoms with van der Waals surface area (Å²) >= 11 is 0. The number of benzene rings is 1. The van der Waals surface area contributed by atoms with E-state index in [-0.39, 0.29) is 28.9 Å². The molecule has 2 rings (SSSR count). The number of carbonyl (C=O) groups is 1.